The van der Waals surface area contributed by atoms with Crippen molar-refractivity contribution in [3.05, 3.63) is 27.8 Å². The number of nitrogens with zero attached hydrogens (tertiary/aromatic N) is 1. The highest BCUT2D eigenvalue weighted by Crippen LogP contribution is 2.34. The largest absolute Gasteiger partial charge is 0.500 e. The fourth-order valence-electron chi connectivity index (χ4n) is 2.48. The van der Waals surface area contributed by atoms with E-state index in [-0.39, 0.29) is 12.3 Å². The van der Waals surface area contributed by atoms with Crippen LogP contribution in [0.4, 0.5) is 5.69 Å². The second-order valence-corrected chi connectivity index (χ2v) is 8.49. The third-order valence-electron chi connectivity index (χ3n) is 3.99. The molecule has 0 spiro atoms. The fourth-order valence-corrected chi connectivity index (χ4v) is 4.28. The van der Waals surface area contributed by atoms with Crippen molar-refractivity contribution in [3.63, 3.8) is 0 Å². The van der Waals surface area contributed by atoms with E-state index in [0.717, 1.165) is 12.8 Å². The molecule has 1 aromatic carbocycles. The van der Waals surface area contributed by atoms with Crippen LogP contribution in [0.5, 0.6) is 11.5 Å². The average Bonchev–Trinajstić information content (AvgIpc) is 2.67. The van der Waals surface area contributed by atoms with Gasteiger partial charge >= 0.3 is 8.80 Å². The predicted molar refractivity (Wildman–Crippen MR) is 96.7 cm³/mol. The Kier molecular flexibility index (Phi) is 9.52. The van der Waals surface area contributed by atoms with Crippen LogP contribution in [0.2, 0.25) is 6.04 Å². The third-order valence-corrected chi connectivity index (χ3v) is 6.83. The van der Waals surface area contributed by atoms with Gasteiger partial charge in [0.1, 0.15) is 0 Å². The number of hydrogen-bond donors (Lipinski definition) is 0. The van der Waals surface area contributed by atoms with E-state index in [9.17, 15) is 10.1 Å². The summed E-state index contributed by atoms with van der Waals surface area (Å²) in [5.41, 5.74) is 0.370. The van der Waals surface area contributed by atoms with Gasteiger partial charge in [-0.3, -0.25) is 10.1 Å². The smallest absolute Gasteiger partial charge is 0.493 e. The lowest BCUT2D eigenvalue weighted by Gasteiger charge is -2.24. The highest BCUT2D eigenvalue weighted by atomic mass is 28.4. The fraction of sp³-hybridized carbons (Fsp3) is 0.625. The molecular formula is C16H27NO8Si. The molecule has 0 fully saturated rings. The molecule has 10 heteroatoms. The number of rotatable bonds is 13. The molecule has 0 aliphatic carbocycles. The summed E-state index contributed by atoms with van der Waals surface area (Å²) in [6.07, 6.45) is 1.56. The molecule has 148 valence electrons. The van der Waals surface area contributed by atoms with Gasteiger partial charge in [0.15, 0.2) is 11.5 Å². The Bertz CT molecular complexity index is 571. The van der Waals surface area contributed by atoms with Gasteiger partial charge in [0.05, 0.1) is 37.4 Å². The van der Waals surface area contributed by atoms with Crippen molar-refractivity contribution in [2.75, 3.05) is 42.2 Å². The zero-order valence-electron chi connectivity index (χ0n) is 15.9. The Morgan fingerprint density at radius 1 is 0.962 bits per heavy atom. The molecule has 0 aromatic heterocycles. The van der Waals surface area contributed by atoms with Gasteiger partial charge in [-0.25, -0.2) is 0 Å². The molecule has 0 heterocycles. The first-order valence-corrected chi connectivity index (χ1v) is 10.0. The van der Waals surface area contributed by atoms with Crippen molar-refractivity contribution in [3.8, 4) is 11.5 Å². The summed E-state index contributed by atoms with van der Waals surface area (Å²) in [6.45, 7) is 0.561. The van der Waals surface area contributed by atoms with Crippen molar-refractivity contribution >= 4 is 14.5 Å². The minimum absolute atomic E-state index is 0.0628. The molecule has 0 unspecified atom stereocenters. The summed E-state index contributed by atoms with van der Waals surface area (Å²) in [5, 5.41) is 11.3. The van der Waals surface area contributed by atoms with E-state index in [2.05, 4.69) is 0 Å². The molecule has 0 radical (unpaired) electrons. The maximum atomic E-state index is 11.3. The van der Waals surface area contributed by atoms with Crippen molar-refractivity contribution in [2.24, 2.45) is 0 Å². The van der Waals surface area contributed by atoms with Crippen LogP contribution in [0.3, 0.4) is 0 Å². The zero-order chi connectivity index (χ0) is 19.6. The van der Waals surface area contributed by atoms with E-state index >= 15 is 0 Å². The van der Waals surface area contributed by atoms with Gasteiger partial charge in [-0.2, -0.15) is 0 Å². The Labute approximate surface area is 154 Å². The molecule has 26 heavy (non-hydrogen) atoms. The van der Waals surface area contributed by atoms with Crippen LogP contribution in [-0.2, 0) is 24.6 Å². The maximum absolute atomic E-state index is 11.3. The Balaban J connectivity index is 2.58. The standard InChI is InChI=1S/C16H27NO8Si/c1-20-15-10-13(14(17(18)19)11-16(15)21-2)12-25-8-6-7-9-26(22-3,23-4)24-5/h10-11H,6-9,12H2,1-5H3. The lowest BCUT2D eigenvalue weighted by Crippen LogP contribution is -2.42. The highest BCUT2D eigenvalue weighted by molar-refractivity contribution is 6.60. The lowest BCUT2D eigenvalue weighted by molar-refractivity contribution is -0.386. The first-order valence-electron chi connectivity index (χ1n) is 8.09. The lowest BCUT2D eigenvalue weighted by atomic mass is 10.1. The van der Waals surface area contributed by atoms with Gasteiger partial charge in [0, 0.05) is 34.0 Å². The van der Waals surface area contributed by atoms with Crippen molar-refractivity contribution in [2.45, 2.75) is 25.5 Å². The molecule has 0 bridgehead atoms. The summed E-state index contributed by atoms with van der Waals surface area (Å²) < 4.78 is 31.9. The monoisotopic (exact) mass is 389 g/mol. The Hall–Kier alpha value is -1.72. The number of unbranched alkanes of at least 4 members (excludes halogenated alkanes) is 1. The first kappa shape index (κ1) is 22.3. The topological polar surface area (TPSA) is 98.5 Å². The molecule has 0 saturated carbocycles. The van der Waals surface area contributed by atoms with E-state index in [1.54, 1.807) is 27.4 Å². The number of nitro benzene ring substituents is 1. The minimum Gasteiger partial charge on any atom is -0.493 e. The summed E-state index contributed by atoms with van der Waals surface area (Å²) >= 11 is 0. The number of benzene rings is 1. The van der Waals surface area contributed by atoms with E-state index in [0.29, 0.717) is 29.7 Å². The molecular weight excluding hydrogens is 362 g/mol. The SMILES string of the molecule is COc1cc(COCCCC[Si](OC)(OC)OC)c([N+](=O)[O-])cc1OC. The molecule has 0 aliphatic heterocycles. The van der Waals surface area contributed by atoms with Crippen LogP contribution >= 0.6 is 0 Å². The van der Waals surface area contributed by atoms with Crippen LogP contribution in [0.1, 0.15) is 18.4 Å². The first-order chi connectivity index (χ1) is 12.5. The van der Waals surface area contributed by atoms with Gasteiger partial charge < -0.3 is 27.5 Å². The minimum atomic E-state index is -2.56. The molecule has 0 N–H and O–H groups in total. The van der Waals surface area contributed by atoms with Crippen LogP contribution < -0.4 is 9.47 Å². The zero-order valence-corrected chi connectivity index (χ0v) is 16.9. The van der Waals surface area contributed by atoms with E-state index in [1.807, 2.05) is 0 Å². The quantitative estimate of drug-likeness (QED) is 0.220. The van der Waals surface area contributed by atoms with E-state index in [4.69, 9.17) is 27.5 Å². The van der Waals surface area contributed by atoms with Crippen molar-refractivity contribution < 1.29 is 32.4 Å². The average molecular weight is 389 g/mol. The van der Waals surface area contributed by atoms with Crippen LogP contribution in [0.15, 0.2) is 12.1 Å². The molecule has 1 rings (SSSR count). The number of hydrogen-bond acceptors (Lipinski definition) is 8. The second kappa shape index (κ2) is 11.1. The molecule has 9 nitrogen and oxygen atoms in total. The van der Waals surface area contributed by atoms with E-state index < -0.39 is 13.7 Å². The normalized spacial score (nSPS) is 11.4. The maximum Gasteiger partial charge on any atom is 0.500 e. The second-order valence-electron chi connectivity index (χ2n) is 5.40. The summed E-state index contributed by atoms with van der Waals surface area (Å²) in [4.78, 5) is 10.8. The third kappa shape index (κ3) is 5.92. The number of methoxy groups -OCH3 is 2. The molecule has 0 amide bonds. The van der Waals surface area contributed by atoms with Gasteiger partial charge in [-0.05, 0) is 18.9 Å². The molecule has 1 aromatic rings. The number of nitro groups is 1. The van der Waals surface area contributed by atoms with Gasteiger partial charge in [-0.15, -0.1) is 0 Å². The van der Waals surface area contributed by atoms with Gasteiger partial charge in [-0.1, -0.05) is 0 Å². The van der Waals surface area contributed by atoms with Crippen LogP contribution in [0, 0.1) is 10.1 Å². The van der Waals surface area contributed by atoms with Crippen molar-refractivity contribution in [1.82, 2.24) is 0 Å². The molecule has 0 aliphatic rings. The summed E-state index contributed by atoms with van der Waals surface area (Å²) in [7, 11) is 5.07. The molecule has 0 atom stereocenters. The predicted octanol–water partition coefficient (Wildman–Crippen LogP) is 2.79. The summed E-state index contributed by atoms with van der Waals surface area (Å²) in [5.74, 6) is 0.732. The Morgan fingerprint density at radius 2 is 1.54 bits per heavy atom. The highest BCUT2D eigenvalue weighted by Gasteiger charge is 2.36. The number of ether oxygens (including phenoxy) is 3. The van der Waals surface area contributed by atoms with Crippen LogP contribution in [0.25, 0.3) is 0 Å². The molecule has 0 saturated heterocycles. The van der Waals surface area contributed by atoms with Gasteiger partial charge in [0.25, 0.3) is 5.69 Å². The van der Waals surface area contributed by atoms with Crippen LogP contribution in [-0.4, -0.2) is 55.9 Å². The van der Waals surface area contributed by atoms with Crippen molar-refractivity contribution in [1.29, 1.82) is 0 Å². The van der Waals surface area contributed by atoms with Gasteiger partial charge in [0.2, 0.25) is 0 Å². The Morgan fingerprint density at radius 3 is 2.04 bits per heavy atom. The van der Waals surface area contributed by atoms with E-state index in [1.165, 1.54) is 20.3 Å². The summed E-state index contributed by atoms with van der Waals surface area (Å²) in [6, 6.07) is 3.58.